The van der Waals surface area contributed by atoms with Crippen LogP contribution < -0.4 is 0 Å². The maximum atomic E-state index is 12.1. The molecule has 26 heavy (non-hydrogen) atoms. The Morgan fingerprint density at radius 3 is 2.73 bits per heavy atom. The molecule has 0 bridgehead atoms. The topological polar surface area (TPSA) is 52.1 Å². The first-order valence-corrected chi connectivity index (χ1v) is 9.19. The molecule has 4 rings (SSSR count). The summed E-state index contributed by atoms with van der Waals surface area (Å²) in [5.74, 6) is 0.596. The molecule has 132 valence electrons. The summed E-state index contributed by atoms with van der Waals surface area (Å²) in [4.78, 5) is 21.1. The maximum absolute atomic E-state index is 12.1. The second-order valence-corrected chi connectivity index (χ2v) is 7.02. The SMILES string of the molecule is O=C(OCc1ccccc1)C1CC(CCc2ccc3cccnc3n2)C1. The third kappa shape index (κ3) is 3.90. The van der Waals surface area contributed by atoms with Crippen LogP contribution in [0, 0.1) is 11.8 Å². The molecule has 0 saturated heterocycles. The van der Waals surface area contributed by atoms with Gasteiger partial charge in [0.1, 0.15) is 6.61 Å². The fourth-order valence-electron chi connectivity index (χ4n) is 3.49. The molecule has 0 amide bonds. The smallest absolute Gasteiger partial charge is 0.309 e. The van der Waals surface area contributed by atoms with Crippen LogP contribution in [-0.4, -0.2) is 15.9 Å². The highest BCUT2D eigenvalue weighted by Crippen LogP contribution is 2.37. The summed E-state index contributed by atoms with van der Waals surface area (Å²) < 4.78 is 5.43. The van der Waals surface area contributed by atoms with Crippen LogP contribution in [0.25, 0.3) is 11.0 Å². The van der Waals surface area contributed by atoms with E-state index >= 15 is 0 Å². The number of aryl methyl sites for hydroxylation is 1. The molecule has 0 atom stereocenters. The van der Waals surface area contributed by atoms with E-state index in [1.54, 1.807) is 6.20 Å². The van der Waals surface area contributed by atoms with E-state index in [4.69, 9.17) is 4.74 Å². The van der Waals surface area contributed by atoms with Crippen molar-refractivity contribution in [3.8, 4) is 0 Å². The third-order valence-electron chi connectivity index (χ3n) is 5.12. The number of hydrogen-bond donors (Lipinski definition) is 0. The van der Waals surface area contributed by atoms with Crippen molar-refractivity contribution in [1.82, 2.24) is 9.97 Å². The van der Waals surface area contributed by atoms with E-state index in [9.17, 15) is 4.79 Å². The molecule has 1 aliphatic carbocycles. The summed E-state index contributed by atoms with van der Waals surface area (Å²) in [5, 5.41) is 1.07. The molecule has 0 unspecified atom stereocenters. The van der Waals surface area contributed by atoms with Crippen molar-refractivity contribution in [1.29, 1.82) is 0 Å². The normalized spacial score (nSPS) is 19.1. The molecule has 0 N–H and O–H groups in total. The van der Waals surface area contributed by atoms with Crippen LogP contribution in [0.2, 0.25) is 0 Å². The van der Waals surface area contributed by atoms with E-state index in [0.717, 1.165) is 48.0 Å². The van der Waals surface area contributed by atoms with Crippen molar-refractivity contribution in [2.24, 2.45) is 11.8 Å². The molecule has 1 fully saturated rings. The minimum Gasteiger partial charge on any atom is -0.461 e. The number of pyridine rings is 2. The molecule has 1 aromatic carbocycles. The number of hydrogen-bond acceptors (Lipinski definition) is 4. The van der Waals surface area contributed by atoms with Crippen molar-refractivity contribution in [2.75, 3.05) is 0 Å². The zero-order chi connectivity index (χ0) is 17.8. The predicted molar refractivity (Wildman–Crippen MR) is 100 cm³/mol. The lowest BCUT2D eigenvalue weighted by molar-refractivity contribution is -0.154. The highest BCUT2D eigenvalue weighted by molar-refractivity contribution is 5.74. The molecule has 2 aromatic heterocycles. The number of esters is 1. The van der Waals surface area contributed by atoms with Gasteiger partial charge in [0.2, 0.25) is 0 Å². The number of carbonyl (C=O) groups excluding carboxylic acids is 1. The number of carbonyl (C=O) groups is 1. The van der Waals surface area contributed by atoms with Gasteiger partial charge in [0.25, 0.3) is 0 Å². The predicted octanol–water partition coefficient (Wildman–Crippen LogP) is 4.33. The molecule has 0 aliphatic heterocycles. The molecule has 1 saturated carbocycles. The van der Waals surface area contributed by atoms with Gasteiger partial charge in [-0.1, -0.05) is 30.3 Å². The zero-order valence-corrected chi connectivity index (χ0v) is 14.7. The van der Waals surface area contributed by atoms with E-state index in [-0.39, 0.29) is 11.9 Å². The van der Waals surface area contributed by atoms with Crippen LogP contribution in [0.5, 0.6) is 0 Å². The summed E-state index contributed by atoms with van der Waals surface area (Å²) in [6, 6.07) is 17.9. The van der Waals surface area contributed by atoms with Crippen molar-refractivity contribution in [2.45, 2.75) is 32.3 Å². The second-order valence-electron chi connectivity index (χ2n) is 7.02. The molecule has 0 spiro atoms. The standard InChI is InChI=1S/C22H22N2O2/c25-22(26-15-16-5-2-1-3-6-16)19-13-17(14-19)8-10-20-11-9-18-7-4-12-23-21(18)24-20/h1-7,9,11-12,17,19H,8,10,13-15H2. The minimum absolute atomic E-state index is 0.0573. The van der Waals surface area contributed by atoms with Crippen molar-refractivity contribution < 1.29 is 9.53 Å². The molecule has 0 radical (unpaired) electrons. The monoisotopic (exact) mass is 346 g/mol. The molecule has 3 aromatic rings. The van der Waals surface area contributed by atoms with Gasteiger partial charge < -0.3 is 4.74 Å². The highest BCUT2D eigenvalue weighted by Gasteiger charge is 2.35. The van der Waals surface area contributed by atoms with Gasteiger partial charge in [-0.2, -0.15) is 0 Å². The maximum Gasteiger partial charge on any atom is 0.309 e. The first kappa shape index (κ1) is 16.7. The summed E-state index contributed by atoms with van der Waals surface area (Å²) >= 11 is 0. The lowest BCUT2D eigenvalue weighted by Crippen LogP contribution is -2.32. The first-order valence-electron chi connectivity index (χ1n) is 9.19. The summed E-state index contributed by atoms with van der Waals surface area (Å²) in [7, 11) is 0. The zero-order valence-electron chi connectivity index (χ0n) is 14.7. The van der Waals surface area contributed by atoms with Crippen LogP contribution in [-0.2, 0) is 22.6 Å². The average Bonchev–Trinajstić information content (AvgIpc) is 2.66. The highest BCUT2D eigenvalue weighted by atomic mass is 16.5. The first-order chi connectivity index (χ1) is 12.8. The van der Waals surface area contributed by atoms with Gasteiger partial charge in [0.05, 0.1) is 5.92 Å². The van der Waals surface area contributed by atoms with Crippen molar-refractivity contribution >= 4 is 17.0 Å². The summed E-state index contributed by atoms with van der Waals surface area (Å²) in [6.07, 6.45) is 5.63. The van der Waals surface area contributed by atoms with Crippen LogP contribution in [0.4, 0.5) is 0 Å². The third-order valence-corrected chi connectivity index (χ3v) is 5.12. The Balaban J connectivity index is 1.21. The van der Waals surface area contributed by atoms with Gasteiger partial charge in [-0.05, 0) is 61.4 Å². The molecule has 4 heteroatoms. The van der Waals surface area contributed by atoms with Gasteiger partial charge in [-0.15, -0.1) is 0 Å². The quantitative estimate of drug-likeness (QED) is 0.623. The Morgan fingerprint density at radius 1 is 1.04 bits per heavy atom. The molecular weight excluding hydrogens is 324 g/mol. The van der Waals surface area contributed by atoms with Crippen LogP contribution in [0.1, 0.15) is 30.5 Å². The van der Waals surface area contributed by atoms with Gasteiger partial charge in [-0.3, -0.25) is 4.79 Å². The minimum atomic E-state index is -0.0573. The number of rotatable bonds is 6. The number of ether oxygens (including phenoxy) is 1. The molecule has 1 aliphatic rings. The number of aromatic nitrogens is 2. The Hall–Kier alpha value is -2.75. The Bertz CT molecular complexity index is 889. The van der Waals surface area contributed by atoms with Gasteiger partial charge in [0, 0.05) is 17.3 Å². The number of fused-ring (bicyclic) bond motifs is 1. The Morgan fingerprint density at radius 2 is 1.88 bits per heavy atom. The van der Waals surface area contributed by atoms with Crippen LogP contribution >= 0.6 is 0 Å². The van der Waals surface area contributed by atoms with Gasteiger partial charge in [0.15, 0.2) is 5.65 Å². The molecule has 2 heterocycles. The largest absolute Gasteiger partial charge is 0.461 e. The lowest BCUT2D eigenvalue weighted by Gasteiger charge is -2.33. The van der Waals surface area contributed by atoms with E-state index in [2.05, 4.69) is 22.1 Å². The summed E-state index contributed by atoms with van der Waals surface area (Å²) in [5.41, 5.74) is 2.92. The second kappa shape index (κ2) is 7.65. The fraction of sp³-hybridized carbons (Fsp3) is 0.318. The molecular formula is C22H22N2O2. The van der Waals surface area contributed by atoms with Crippen LogP contribution in [0.15, 0.2) is 60.8 Å². The summed E-state index contributed by atoms with van der Waals surface area (Å²) in [6.45, 7) is 0.370. The van der Waals surface area contributed by atoms with E-state index in [1.165, 1.54) is 0 Å². The Kier molecular flexibility index (Phi) is 4.91. The van der Waals surface area contributed by atoms with Crippen LogP contribution in [0.3, 0.4) is 0 Å². The van der Waals surface area contributed by atoms with Crippen molar-refractivity contribution in [3.63, 3.8) is 0 Å². The number of nitrogens with zero attached hydrogens (tertiary/aromatic N) is 2. The van der Waals surface area contributed by atoms with Gasteiger partial charge >= 0.3 is 5.97 Å². The number of benzene rings is 1. The van der Waals surface area contributed by atoms with E-state index < -0.39 is 0 Å². The fourth-order valence-corrected chi connectivity index (χ4v) is 3.49. The average molecular weight is 346 g/mol. The lowest BCUT2D eigenvalue weighted by atomic mass is 9.72. The Labute approximate surface area is 153 Å². The van der Waals surface area contributed by atoms with Crippen molar-refractivity contribution in [3.05, 3.63) is 72.1 Å². The molecule has 4 nitrogen and oxygen atoms in total. The van der Waals surface area contributed by atoms with Gasteiger partial charge in [-0.25, -0.2) is 9.97 Å². The van der Waals surface area contributed by atoms with E-state index in [0.29, 0.717) is 12.5 Å². The van der Waals surface area contributed by atoms with E-state index in [1.807, 2.05) is 42.5 Å².